The van der Waals surface area contributed by atoms with Crippen LogP contribution >= 0.6 is 25.3 Å². The fraction of sp³-hybridized carbons (Fsp3) is 1.00. The van der Waals surface area contributed by atoms with E-state index in [-0.39, 0.29) is 0 Å². The Labute approximate surface area is 69.3 Å². The standard InChI is InChI=1S/C4H8O4S2/c5-1(3(7)9)2(6)4(8)10/h1-8H/t1-,2-,3-,4+/m0/s1. The van der Waals surface area contributed by atoms with Crippen LogP contribution in [0.25, 0.3) is 0 Å². The highest BCUT2D eigenvalue weighted by Gasteiger charge is 2.26. The van der Waals surface area contributed by atoms with Crippen LogP contribution in [0.5, 0.6) is 0 Å². The minimum atomic E-state index is -1.57. The van der Waals surface area contributed by atoms with E-state index < -0.39 is 23.1 Å². The number of hydrogen-bond donors (Lipinski definition) is 4. The zero-order valence-corrected chi connectivity index (χ0v) is 6.55. The van der Waals surface area contributed by atoms with E-state index in [9.17, 15) is 0 Å². The minimum absolute atomic E-state index is 1.51. The lowest BCUT2D eigenvalue weighted by atomic mass is 10.2. The van der Waals surface area contributed by atoms with Crippen molar-refractivity contribution in [1.29, 1.82) is 0 Å². The van der Waals surface area contributed by atoms with Crippen molar-refractivity contribution < 1.29 is 20.4 Å². The Kier molecular flexibility index (Phi) is 4.66. The van der Waals surface area contributed by atoms with Gasteiger partial charge in [0.15, 0.2) is 0 Å². The van der Waals surface area contributed by atoms with Crippen LogP contribution in [-0.2, 0) is 0 Å². The van der Waals surface area contributed by atoms with Gasteiger partial charge in [-0.05, 0) is 0 Å². The molecule has 0 aliphatic carbocycles. The Bertz CT molecular complexity index is 85.3. The zero-order valence-electron chi connectivity index (χ0n) is 4.91. The first-order valence-corrected chi connectivity index (χ1v) is 3.45. The smallest absolute Gasteiger partial charge is 0.138 e. The highest BCUT2D eigenvalue weighted by Crippen LogP contribution is 2.08. The van der Waals surface area contributed by atoms with Crippen LogP contribution in [-0.4, -0.2) is 43.5 Å². The van der Waals surface area contributed by atoms with Crippen molar-refractivity contribution >= 4 is 25.3 Å². The summed E-state index contributed by atoms with van der Waals surface area (Å²) >= 11 is 8.37. The van der Waals surface area contributed by atoms with Crippen molar-refractivity contribution in [2.75, 3.05) is 0 Å². The highest BCUT2D eigenvalue weighted by atomic mass is 32.1. The Morgan fingerprint density at radius 1 is 0.700 bits per heavy atom. The number of aliphatic hydroxyl groups is 4. The van der Waals surface area contributed by atoms with Crippen LogP contribution in [0.2, 0.25) is 0 Å². The molecule has 4 N–H and O–H groups in total. The van der Waals surface area contributed by atoms with Crippen molar-refractivity contribution in [3.63, 3.8) is 0 Å². The third-order valence-electron chi connectivity index (χ3n) is 0.934. The Morgan fingerprint density at radius 2 is 0.900 bits per heavy atom. The van der Waals surface area contributed by atoms with Gasteiger partial charge < -0.3 is 20.4 Å². The molecule has 0 aliphatic heterocycles. The van der Waals surface area contributed by atoms with E-state index in [1.807, 2.05) is 0 Å². The molecule has 0 rings (SSSR count). The van der Waals surface area contributed by atoms with Crippen molar-refractivity contribution in [3.8, 4) is 0 Å². The molecule has 4 atom stereocenters. The molecule has 10 heavy (non-hydrogen) atoms. The molecule has 0 saturated heterocycles. The van der Waals surface area contributed by atoms with Gasteiger partial charge in [0, 0.05) is 0 Å². The van der Waals surface area contributed by atoms with E-state index in [0.717, 1.165) is 0 Å². The summed E-state index contributed by atoms with van der Waals surface area (Å²) in [6.45, 7) is 0. The average molecular weight is 184 g/mol. The lowest BCUT2D eigenvalue weighted by molar-refractivity contribution is -0.0576. The second-order valence-electron chi connectivity index (χ2n) is 1.76. The predicted molar refractivity (Wildman–Crippen MR) is 39.2 cm³/mol. The summed E-state index contributed by atoms with van der Waals surface area (Å²) in [7, 11) is 0. The first-order valence-electron chi connectivity index (χ1n) is 2.50. The molecule has 0 aromatic heterocycles. The molecule has 0 amide bonds. The summed E-state index contributed by atoms with van der Waals surface area (Å²) in [6, 6.07) is 0. The van der Waals surface area contributed by atoms with Crippen LogP contribution in [0.1, 0.15) is 0 Å². The highest BCUT2D eigenvalue weighted by molar-refractivity contribution is 7.81. The third-order valence-corrected chi connectivity index (χ3v) is 1.49. The van der Waals surface area contributed by atoms with Gasteiger partial charge in [-0.15, -0.1) is 0 Å². The summed E-state index contributed by atoms with van der Waals surface area (Å²) in [5.74, 6) is 0. The van der Waals surface area contributed by atoms with Crippen LogP contribution in [0.4, 0.5) is 0 Å². The van der Waals surface area contributed by atoms with Gasteiger partial charge >= 0.3 is 0 Å². The first-order chi connectivity index (χ1) is 4.46. The van der Waals surface area contributed by atoms with E-state index in [1.165, 1.54) is 0 Å². The summed E-state index contributed by atoms with van der Waals surface area (Å²) in [5, 5.41) is 34.4. The minimum Gasteiger partial charge on any atom is -0.387 e. The third kappa shape index (κ3) is 3.09. The molecule has 60 valence electrons. The maximum absolute atomic E-state index is 8.73. The number of hydrogen-bond acceptors (Lipinski definition) is 4. The van der Waals surface area contributed by atoms with Crippen molar-refractivity contribution in [1.82, 2.24) is 0 Å². The van der Waals surface area contributed by atoms with Crippen LogP contribution in [0.15, 0.2) is 0 Å². The van der Waals surface area contributed by atoms with Crippen LogP contribution in [0, 0.1) is 0 Å². The molecule has 0 aromatic rings. The van der Waals surface area contributed by atoms with Gasteiger partial charge in [0.1, 0.15) is 23.1 Å². The van der Waals surface area contributed by atoms with E-state index in [4.69, 9.17) is 20.4 Å². The van der Waals surface area contributed by atoms with Gasteiger partial charge in [-0.3, -0.25) is 0 Å². The average Bonchev–Trinajstić information content (AvgIpc) is 1.84. The molecule has 0 unspecified atom stereocenters. The van der Waals surface area contributed by atoms with Gasteiger partial charge in [-0.1, -0.05) is 25.3 Å². The normalized spacial score (nSPS) is 23.4. The molecule has 0 saturated carbocycles. The van der Waals surface area contributed by atoms with Crippen molar-refractivity contribution in [3.05, 3.63) is 0 Å². The van der Waals surface area contributed by atoms with Crippen LogP contribution < -0.4 is 0 Å². The predicted octanol–water partition coefficient (Wildman–Crippen LogP) is -1.26. The van der Waals surface area contributed by atoms with Gasteiger partial charge in [0.25, 0.3) is 0 Å². The topological polar surface area (TPSA) is 80.9 Å². The van der Waals surface area contributed by atoms with Crippen LogP contribution in [0.3, 0.4) is 0 Å². The lowest BCUT2D eigenvalue weighted by Gasteiger charge is -2.19. The van der Waals surface area contributed by atoms with Crippen molar-refractivity contribution in [2.45, 2.75) is 23.1 Å². The molecule has 0 aliphatic rings. The zero-order chi connectivity index (χ0) is 8.31. The summed E-state index contributed by atoms with van der Waals surface area (Å²) in [5.41, 5.74) is -3.01. The maximum atomic E-state index is 8.73. The molecule has 4 nitrogen and oxygen atoms in total. The molecule has 0 bridgehead atoms. The molecule has 6 heteroatoms. The SMILES string of the molecule is O[C@@H]([C@H](O)[C@@H](O)[S])[C@H](O)[S]. The molecule has 0 heterocycles. The summed E-state index contributed by atoms with van der Waals surface area (Å²) in [6.07, 6.45) is -3.13. The second-order valence-corrected chi connectivity index (χ2v) is 2.73. The van der Waals surface area contributed by atoms with Gasteiger partial charge in [-0.2, -0.15) is 0 Å². The molecule has 0 fully saturated rings. The van der Waals surface area contributed by atoms with E-state index in [2.05, 4.69) is 25.3 Å². The summed E-state index contributed by atoms with van der Waals surface area (Å²) < 4.78 is 0. The quantitative estimate of drug-likeness (QED) is 0.441. The molecular weight excluding hydrogens is 176 g/mol. The maximum Gasteiger partial charge on any atom is 0.138 e. The Hall–Kier alpha value is 0.540. The lowest BCUT2D eigenvalue weighted by Crippen LogP contribution is -2.40. The van der Waals surface area contributed by atoms with Gasteiger partial charge in [0.05, 0.1) is 0 Å². The van der Waals surface area contributed by atoms with Gasteiger partial charge in [0.2, 0.25) is 0 Å². The largest absolute Gasteiger partial charge is 0.387 e. The Balaban J connectivity index is 3.81. The van der Waals surface area contributed by atoms with Crippen molar-refractivity contribution in [2.24, 2.45) is 0 Å². The first kappa shape index (κ1) is 10.5. The fourth-order valence-corrected chi connectivity index (χ4v) is 0.659. The number of aliphatic hydroxyl groups excluding tert-OH is 4. The monoisotopic (exact) mass is 184 g/mol. The Morgan fingerprint density at radius 3 is 1.00 bits per heavy atom. The van der Waals surface area contributed by atoms with Gasteiger partial charge in [-0.25, -0.2) is 0 Å². The fourth-order valence-electron chi connectivity index (χ4n) is 0.337. The van der Waals surface area contributed by atoms with E-state index in [1.54, 1.807) is 0 Å². The van der Waals surface area contributed by atoms with E-state index in [0.29, 0.717) is 0 Å². The molecule has 2 radical (unpaired) electrons. The number of rotatable bonds is 3. The molecular formula is C4H8O4S2. The molecule has 0 aromatic carbocycles. The van der Waals surface area contributed by atoms with E-state index >= 15 is 0 Å². The second kappa shape index (κ2) is 4.42. The molecule has 0 spiro atoms. The summed E-state index contributed by atoms with van der Waals surface area (Å²) in [4.78, 5) is 0.